The Bertz CT molecular complexity index is 2090. The Morgan fingerprint density at radius 1 is 0.558 bits per heavy atom. The molecular weight excluding hydrogens is 520 g/mol. The predicted molar refractivity (Wildman–Crippen MR) is 186 cm³/mol. The van der Waals surface area contributed by atoms with Gasteiger partial charge in [-0.1, -0.05) is 108 Å². The van der Waals surface area contributed by atoms with Crippen LogP contribution in [-0.4, -0.2) is 0 Å². The molecule has 0 unspecified atom stereocenters. The van der Waals surface area contributed by atoms with Gasteiger partial charge in [-0.25, -0.2) is 0 Å². The van der Waals surface area contributed by atoms with Gasteiger partial charge in [0.1, 0.15) is 11.4 Å². The highest BCUT2D eigenvalue weighted by atomic mass is 16.5. The van der Waals surface area contributed by atoms with Crippen LogP contribution < -0.4 is 4.74 Å². The molecule has 0 aliphatic carbocycles. The molecule has 43 heavy (non-hydrogen) atoms. The number of aryl methyl sites for hydroxylation is 1. The van der Waals surface area contributed by atoms with Crippen molar-refractivity contribution in [3.8, 4) is 28.0 Å². The molecule has 0 spiro atoms. The molecule has 0 bridgehead atoms. The Morgan fingerprint density at radius 2 is 1.19 bits per heavy atom. The van der Waals surface area contributed by atoms with Gasteiger partial charge in [0.05, 0.1) is 0 Å². The van der Waals surface area contributed by atoms with Crippen molar-refractivity contribution < 1.29 is 4.74 Å². The van der Waals surface area contributed by atoms with Crippen LogP contribution in [-0.2, 0) is 16.4 Å². The summed E-state index contributed by atoms with van der Waals surface area (Å²) in [4.78, 5) is 0. The summed E-state index contributed by atoms with van der Waals surface area (Å²) in [7, 11) is 0. The summed E-state index contributed by atoms with van der Waals surface area (Å²) in [5.74, 6) is 0.980. The van der Waals surface area contributed by atoms with Gasteiger partial charge in [-0.3, -0.25) is 0 Å². The number of ether oxygens (including phenoxy) is 1. The van der Waals surface area contributed by atoms with Gasteiger partial charge in [-0.15, -0.1) is 0 Å². The maximum Gasteiger partial charge on any atom is 0.130 e. The summed E-state index contributed by atoms with van der Waals surface area (Å²) in [6, 6.07) is 34.1. The Morgan fingerprint density at radius 3 is 1.93 bits per heavy atom. The third kappa shape index (κ3) is 4.36. The van der Waals surface area contributed by atoms with Crippen molar-refractivity contribution in [2.45, 2.75) is 78.7 Å². The zero-order valence-electron chi connectivity index (χ0n) is 27.1. The number of benzene rings is 6. The summed E-state index contributed by atoms with van der Waals surface area (Å²) in [6.45, 7) is 20.6. The molecule has 0 saturated heterocycles. The Hall–Kier alpha value is -4.10. The van der Waals surface area contributed by atoms with Gasteiger partial charge in [0, 0.05) is 10.9 Å². The summed E-state index contributed by atoms with van der Waals surface area (Å²) in [5, 5.41) is 7.76. The van der Waals surface area contributed by atoms with Crippen LogP contribution in [0.3, 0.4) is 0 Å². The third-order valence-electron chi connectivity index (χ3n) is 9.46. The molecule has 7 rings (SSSR count). The highest BCUT2D eigenvalue weighted by Crippen LogP contribution is 2.51. The van der Waals surface area contributed by atoms with Crippen LogP contribution in [0.15, 0.2) is 91.0 Å². The van der Waals surface area contributed by atoms with Crippen LogP contribution in [0.5, 0.6) is 5.75 Å². The highest BCUT2D eigenvalue weighted by molar-refractivity contribution is 6.04. The molecule has 6 aromatic carbocycles. The molecular formula is C42H42O. The van der Waals surface area contributed by atoms with E-state index in [0.717, 1.165) is 5.75 Å². The summed E-state index contributed by atoms with van der Waals surface area (Å²) < 4.78 is 6.82. The SMILES string of the molecule is Cc1c(-c2ccc3cc(-c4cc(C(C)(C)C)c5ccccc5c4)cc4c3c2C(C)(C)O4)ccc2cccc(C(C)(C)C)c12. The fraction of sp³-hybridized carbons (Fsp3) is 0.286. The van der Waals surface area contributed by atoms with Crippen molar-refractivity contribution in [3.05, 3.63) is 113 Å². The maximum absolute atomic E-state index is 6.82. The zero-order valence-corrected chi connectivity index (χ0v) is 27.1. The first kappa shape index (κ1) is 27.7. The van der Waals surface area contributed by atoms with E-state index >= 15 is 0 Å². The van der Waals surface area contributed by atoms with Crippen LogP contribution in [0.2, 0.25) is 0 Å². The molecule has 1 nitrogen and oxygen atoms in total. The van der Waals surface area contributed by atoms with Crippen LogP contribution >= 0.6 is 0 Å². The second-order valence-corrected chi connectivity index (χ2v) is 15.1. The van der Waals surface area contributed by atoms with E-state index in [-0.39, 0.29) is 10.8 Å². The van der Waals surface area contributed by atoms with Gasteiger partial charge < -0.3 is 4.74 Å². The number of rotatable bonds is 2. The first-order valence-electron chi connectivity index (χ1n) is 15.6. The van der Waals surface area contributed by atoms with Crippen molar-refractivity contribution >= 4 is 32.3 Å². The monoisotopic (exact) mass is 562 g/mol. The van der Waals surface area contributed by atoms with E-state index < -0.39 is 5.60 Å². The van der Waals surface area contributed by atoms with Crippen molar-refractivity contribution in [1.82, 2.24) is 0 Å². The molecule has 1 heterocycles. The van der Waals surface area contributed by atoms with Gasteiger partial charge >= 0.3 is 0 Å². The van der Waals surface area contributed by atoms with E-state index in [0.29, 0.717) is 0 Å². The van der Waals surface area contributed by atoms with Gasteiger partial charge in [0.15, 0.2) is 0 Å². The second-order valence-electron chi connectivity index (χ2n) is 15.1. The first-order chi connectivity index (χ1) is 20.2. The normalized spacial score (nSPS) is 14.5. The van der Waals surface area contributed by atoms with Crippen molar-refractivity contribution in [2.24, 2.45) is 0 Å². The lowest BCUT2D eigenvalue weighted by atomic mass is 9.79. The lowest BCUT2D eigenvalue weighted by Crippen LogP contribution is -2.21. The molecule has 0 radical (unpaired) electrons. The molecule has 0 aromatic heterocycles. The first-order valence-corrected chi connectivity index (χ1v) is 15.6. The lowest BCUT2D eigenvalue weighted by Gasteiger charge is -2.26. The lowest BCUT2D eigenvalue weighted by molar-refractivity contribution is 0.126. The zero-order chi connectivity index (χ0) is 30.5. The Labute approximate surface area is 256 Å². The molecule has 216 valence electrons. The molecule has 0 N–H and O–H groups in total. The molecule has 1 aliphatic rings. The van der Waals surface area contributed by atoms with E-state index in [1.165, 1.54) is 76.8 Å². The standard InChI is InChI=1S/C42H42O/c1-25-31(19-17-26-14-12-16-34(37(25)26)40(2,3)4)33-20-18-28-22-30(24-36-38(28)39(33)42(8,9)43-36)29-21-27-13-10-11-15-32(27)35(23-29)41(5,6)7/h10-24H,1-9H3. The number of fused-ring (bicyclic) bond motifs is 2. The fourth-order valence-corrected chi connectivity index (χ4v) is 7.42. The number of hydrogen-bond donors (Lipinski definition) is 0. The minimum atomic E-state index is -0.444. The van der Waals surface area contributed by atoms with Crippen LogP contribution in [0.1, 0.15) is 77.6 Å². The molecule has 0 fully saturated rings. The molecule has 6 aromatic rings. The fourth-order valence-electron chi connectivity index (χ4n) is 7.42. The van der Waals surface area contributed by atoms with Gasteiger partial charge in [0.25, 0.3) is 0 Å². The second kappa shape index (κ2) is 9.20. The van der Waals surface area contributed by atoms with Crippen LogP contribution in [0.4, 0.5) is 0 Å². The minimum Gasteiger partial charge on any atom is -0.482 e. The van der Waals surface area contributed by atoms with Crippen molar-refractivity contribution in [3.63, 3.8) is 0 Å². The average molecular weight is 563 g/mol. The summed E-state index contributed by atoms with van der Waals surface area (Å²) in [5.41, 5.74) is 10.0. The molecule has 1 aliphatic heterocycles. The molecule has 0 amide bonds. The van der Waals surface area contributed by atoms with Gasteiger partial charge in [0.2, 0.25) is 0 Å². The van der Waals surface area contributed by atoms with Crippen molar-refractivity contribution in [2.75, 3.05) is 0 Å². The van der Waals surface area contributed by atoms with E-state index in [2.05, 4.69) is 153 Å². The molecule has 0 atom stereocenters. The van der Waals surface area contributed by atoms with Crippen molar-refractivity contribution in [1.29, 1.82) is 0 Å². The average Bonchev–Trinajstić information content (AvgIpc) is 3.22. The Kier molecular flexibility index (Phi) is 5.93. The van der Waals surface area contributed by atoms with Crippen LogP contribution in [0, 0.1) is 6.92 Å². The van der Waals surface area contributed by atoms with E-state index in [1.807, 2.05) is 0 Å². The Balaban J connectivity index is 1.46. The predicted octanol–water partition coefficient (Wildman–Crippen LogP) is 12.0. The van der Waals surface area contributed by atoms with E-state index in [1.54, 1.807) is 0 Å². The minimum absolute atomic E-state index is 0.0361. The van der Waals surface area contributed by atoms with Gasteiger partial charge in [-0.05, 0) is 122 Å². The smallest absolute Gasteiger partial charge is 0.130 e. The largest absolute Gasteiger partial charge is 0.482 e. The quantitative estimate of drug-likeness (QED) is 0.204. The maximum atomic E-state index is 6.82. The van der Waals surface area contributed by atoms with Gasteiger partial charge in [-0.2, -0.15) is 0 Å². The topological polar surface area (TPSA) is 9.23 Å². The summed E-state index contributed by atoms with van der Waals surface area (Å²) >= 11 is 0. The molecule has 1 heteroatoms. The summed E-state index contributed by atoms with van der Waals surface area (Å²) in [6.07, 6.45) is 0. The highest BCUT2D eigenvalue weighted by Gasteiger charge is 2.37. The number of hydrogen-bond acceptors (Lipinski definition) is 1. The van der Waals surface area contributed by atoms with E-state index in [4.69, 9.17) is 4.74 Å². The van der Waals surface area contributed by atoms with Crippen LogP contribution in [0.25, 0.3) is 54.6 Å². The van der Waals surface area contributed by atoms with E-state index in [9.17, 15) is 0 Å². The molecule has 0 saturated carbocycles. The third-order valence-corrected chi connectivity index (χ3v) is 9.46.